The molecule has 0 saturated carbocycles. The molecule has 1 amide bonds. The highest BCUT2D eigenvalue weighted by molar-refractivity contribution is 6.03. The molecule has 2 aromatic rings. The zero-order valence-electron chi connectivity index (χ0n) is 16.1. The van der Waals surface area contributed by atoms with Crippen molar-refractivity contribution in [3.05, 3.63) is 53.6 Å². The zero-order chi connectivity index (χ0) is 19.4. The first-order chi connectivity index (χ1) is 13.1. The van der Waals surface area contributed by atoms with E-state index in [0.717, 1.165) is 22.6 Å². The first-order valence-electron chi connectivity index (χ1n) is 8.89. The lowest BCUT2D eigenvalue weighted by Crippen LogP contribution is -2.24. The number of carbonyl (C=O) groups is 1. The van der Waals surface area contributed by atoms with E-state index in [1.54, 1.807) is 14.2 Å². The maximum Gasteiger partial charge on any atom is 0.240 e. The Hall–Kier alpha value is -3.02. The molecule has 0 saturated heterocycles. The maximum atomic E-state index is 12.3. The van der Waals surface area contributed by atoms with Crippen molar-refractivity contribution in [3.8, 4) is 17.2 Å². The normalized spacial score (nSPS) is 16.1. The van der Waals surface area contributed by atoms with Crippen LogP contribution in [-0.2, 0) is 4.79 Å². The summed E-state index contributed by atoms with van der Waals surface area (Å²) < 4.78 is 16.5. The summed E-state index contributed by atoms with van der Waals surface area (Å²) in [5, 5.41) is 6.13. The second kappa shape index (κ2) is 8.12. The molecule has 0 spiro atoms. The van der Waals surface area contributed by atoms with Gasteiger partial charge in [-0.15, -0.1) is 0 Å². The number of rotatable bonds is 6. The van der Waals surface area contributed by atoms with Crippen LogP contribution in [0.1, 0.15) is 37.4 Å². The Balaban J connectivity index is 2.00. The molecule has 1 aliphatic rings. The largest absolute Gasteiger partial charge is 0.497 e. The molecule has 0 bridgehead atoms. The Kier molecular flexibility index (Phi) is 5.64. The van der Waals surface area contributed by atoms with Gasteiger partial charge in [0.1, 0.15) is 17.2 Å². The van der Waals surface area contributed by atoms with Gasteiger partial charge in [0, 0.05) is 30.5 Å². The molecule has 3 rings (SSSR count). The molecular weight excluding hydrogens is 344 g/mol. The molecule has 142 valence electrons. The van der Waals surface area contributed by atoms with Gasteiger partial charge < -0.3 is 14.2 Å². The van der Waals surface area contributed by atoms with Gasteiger partial charge in [-0.1, -0.05) is 18.2 Å². The van der Waals surface area contributed by atoms with E-state index in [9.17, 15) is 4.79 Å². The molecule has 6 nitrogen and oxygen atoms in total. The summed E-state index contributed by atoms with van der Waals surface area (Å²) in [6.07, 6.45) is 0.583. The number of carbonyl (C=O) groups excluding carboxylic acids is 1. The van der Waals surface area contributed by atoms with Gasteiger partial charge in [0.25, 0.3) is 0 Å². The first kappa shape index (κ1) is 18.8. The minimum Gasteiger partial charge on any atom is -0.497 e. The topological polar surface area (TPSA) is 60.4 Å². The molecule has 1 aliphatic heterocycles. The highest BCUT2D eigenvalue weighted by atomic mass is 16.5. The van der Waals surface area contributed by atoms with Gasteiger partial charge in [-0.05, 0) is 25.1 Å². The van der Waals surface area contributed by atoms with E-state index in [-0.39, 0.29) is 11.9 Å². The molecule has 6 heteroatoms. The van der Waals surface area contributed by atoms with Gasteiger partial charge in [-0.3, -0.25) is 4.79 Å². The molecule has 0 radical (unpaired) electrons. The number of amides is 1. The van der Waals surface area contributed by atoms with Crippen molar-refractivity contribution in [2.45, 2.75) is 26.3 Å². The van der Waals surface area contributed by atoms with Gasteiger partial charge in [0.15, 0.2) is 0 Å². The van der Waals surface area contributed by atoms with Crippen LogP contribution in [0.25, 0.3) is 0 Å². The fourth-order valence-electron chi connectivity index (χ4n) is 3.23. The lowest BCUT2D eigenvalue weighted by Gasteiger charge is -2.22. The lowest BCUT2D eigenvalue weighted by atomic mass is 9.97. The van der Waals surface area contributed by atoms with Gasteiger partial charge in [0.2, 0.25) is 5.91 Å². The van der Waals surface area contributed by atoms with E-state index < -0.39 is 0 Å². The number of nitrogens with zero attached hydrogens (tertiary/aromatic N) is 2. The number of hydrogen-bond acceptors (Lipinski definition) is 5. The van der Waals surface area contributed by atoms with Gasteiger partial charge in [-0.2, -0.15) is 5.10 Å². The standard InChI is InChI=1S/C21H24N2O4/c1-5-27-21-9-7-6-8-18(21)20-13-19(22-23(20)14(2)24)15-10-16(25-3)12-17(11-15)26-4/h6-12,20H,5,13H2,1-4H3/t20-/m0/s1. The molecule has 0 aliphatic carbocycles. The van der Waals surface area contributed by atoms with Crippen molar-refractivity contribution in [2.75, 3.05) is 20.8 Å². The van der Waals surface area contributed by atoms with E-state index in [2.05, 4.69) is 5.10 Å². The lowest BCUT2D eigenvalue weighted by molar-refractivity contribution is -0.130. The van der Waals surface area contributed by atoms with Crippen LogP contribution in [0.4, 0.5) is 0 Å². The van der Waals surface area contributed by atoms with Gasteiger partial charge >= 0.3 is 0 Å². The summed E-state index contributed by atoms with van der Waals surface area (Å²) in [7, 11) is 3.22. The van der Waals surface area contributed by atoms with E-state index >= 15 is 0 Å². The Morgan fingerprint density at radius 1 is 1.15 bits per heavy atom. The summed E-state index contributed by atoms with van der Waals surface area (Å²) >= 11 is 0. The van der Waals surface area contributed by atoms with Crippen LogP contribution in [0.15, 0.2) is 47.6 Å². The number of hydrogen-bond donors (Lipinski definition) is 0. The average molecular weight is 368 g/mol. The van der Waals surface area contributed by atoms with Crippen molar-refractivity contribution in [2.24, 2.45) is 5.10 Å². The van der Waals surface area contributed by atoms with Crippen molar-refractivity contribution in [3.63, 3.8) is 0 Å². The molecule has 1 atom stereocenters. The average Bonchev–Trinajstić information content (AvgIpc) is 3.14. The summed E-state index contributed by atoms with van der Waals surface area (Å²) in [5.41, 5.74) is 2.62. The van der Waals surface area contributed by atoms with Crippen molar-refractivity contribution < 1.29 is 19.0 Å². The van der Waals surface area contributed by atoms with E-state index in [1.165, 1.54) is 11.9 Å². The second-order valence-electron chi connectivity index (χ2n) is 6.20. The molecule has 0 aromatic heterocycles. The van der Waals surface area contributed by atoms with E-state index in [1.807, 2.05) is 49.4 Å². The van der Waals surface area contributed by atoms with E-state index in [0.29, 0.717) is 24.5 Å². The third kappa shape index (κ3) is 3.89. The van der Waals surface area contributed by atoms with Crippen LogP contribution in [0.5, 0.6) is 17.2 Å². The van der Waals surface area contributed by atoms with Crippen LogP contribution in [-0.4, -0.2) is 37.5 Å². The predicted molar refractivity (Wildman–Crippen MR) is 104 cm³/mol. The van der Waals surface area contributed by atoms with Crippen LogP contribution in [0, 0.1) is 0 Å². The van der Waals surface area contributed by atoms with Crippen LogP contribution >= 0.6 is 0 Å². The smallest absolute Gasteiger partial charge is 0.240 e. The zero-order valence-corrected chi connectivity index (χ0v) is 16.1. The monoisotopic (exact) mass is 368 g/mol. The molecule has 27 heavy (non-hydrogen) atoms. The molecule has 0 N–H and O–H groups in total. The number of methoxy groups -OCH3 is 2. The SMILES string of the molecule is CCOc1ccccc1[C@@H]1CC(c2cc(OC)cc(OC)c2)=NN1C(C)=O. The van der Waals surface area contributed by atoms with Gasteiger partial charge in [0.05, 0.1) is 32.6 Å². The van der Waals surface area contributed by atoms with E-state index in [4.69, 9.17) is 14.2 Å². The summed E-state index contributed by atoms with van der Waals surface area (Å²) in [6.45, 7) is 4.03. The first-order valence-corrected chi connectivity index (χ1v) is 8.89. The minimum atomic E-state index is -0.211. The second-order valence-corrected chi connectivity index (χ2v) is 6.20. The minimum absolute atomic E-state index is 0.115. The highest BCUT2D eigenvalue weighted by Crippen LogP contribution is 2.38. The third-order valence-corrected chi connectivity index (χ3v) is 4.50. The Morgan fingerprint density at radius 3 is 2.41 bits per heavy atom. The quantitative estimate of drug-likeness (QED) is 0.778. The Bertz CT molecular complexity index is 841. The summed E-state index contributed by atoms with van der Waals surface area (Å²) in [4.78, 5) is 12.3. The summed E-state index contributed by atoms with van der Waals surface area (Å²) in [5.74, 6) is 2.02. The number of ether oxygens (including phenoxy) is 3. The molecule has 2 aromatic carbocycles. The highest BCUT2D eigenvalue weighted by Gasteiger charge is 2.33. The molecular formula is C21H24N2O4. The summed E-state index contributed by atoms with van der Waals surface area (Å²) in [6, 6.07) is 13.2. The van der Waals surface area contributed by atoms with Crippen LogP contribution in [0.2, 0.25) is 0 Å². The Morgan fingerprint density at radius 2 is 1.81 bits per heavy atom. The van der Waals surface area contributed by atoms with Gasteiger partial charge in [-0.25, -0.2) is 5.01 Å². The number of benzene rings is 2. The number of hydrazone groups is 1. The molecule has 1 heterocycles. The Labute approximate surface area is 159 Å². The third-order valence-electron chi connectivity index (χ3n) is 4.50. The fraction of sp³-hybridized carbons (Fsp3) is 0.333. The maximum absolute atomic E-state index is 12.3. The van der Waals surface area contributed by atoms with Crippen molar-refractivity contribution in [1.82, 2.24) is 5.01 Å². The molecule has 0 unspecified atom stereocenters. The van der Waals surface area contributed by atoms with Crippen molar-refractivity contribution in [1.29, 1.82) is 0 Å². The fourth-order valence-corrected chi connectivity index (χ4v) is 3.23. The predicted octanol–water partition coefficient (Wildman–Crippen LogP) is 3.80. The van der Waals surface area contributed by atoms with Crippen molar-refractivity contribution >= 4 is 11.6 Å². The van der Waals surface area contributed by atoms with Crippen LogP contribution in [0.3, 0.4) is 0 Å². The van der Waals surface area contributed by atoms with Crippen LogP contribution < -0.4 is 14.2 Å². The molecule has 0 fully saturated rings. The number of para-hydroxylation sites is 1.